The number of carbonyl (C=O) groups is 1. The normalized spacial score (nSPS) is 17.8. The number of nitriles is 1. The molecule has 4 aromatic rings. The molecule has 9 heteroatoms. The average Bonchev–Trinajstić information content (AvgIpc) is 3.24. The molecule has 0 saturated carbocycles. The van der Waals surface area contributed by atoms with Crippen molar-refractivity contribution in [2.75, 3.05) is 18.0 Å². The van der Waals surface area contributed by atoms with Crippen molar-refractivity contribution in [1.82, 2.24) is 20.1 Å². The first-order valence-corrected chi connectivity index (χ1v) is 13.1. The molecule has 2 unspecified atom stereocenters. The standard InChI is InChI=1S/C31H25FN6O2/c1-2-3-19-4-9-24-25(12-19)28(35-36-30(24)39)14-20-5-10-27(32)26(13-20)31(40)37-17-22-7-8-23(18-37)38(22)29-11-6-21(15-33)16-34-29/h4-6,9-13,16,22-23H,7-8,14,17-18H2,1H3,(H,36,39). The van der Waals surface area contributed by atoms with Gasteiger partial charge in [-0.2, -0.15) is 10.4 Å². The zero-order chi connectivity index (χ0) is 27.8. The molecule has 2 aromatic heterocycles. The number of pyridine rings is 1. The van der Waals surface area contributed by atoms with Gasteiger partial charge < -0.3 is 9.80 Å². The summed E-state index contributed by atoms with van der Waals surface area (Å²) in [5.74, 6) is 5.73. The van der Waals surface area contributed by atoms with Crippen molar-refractivity contribution in [3.05, 3.63) is 98.8 Å². The highest BCUT2D eigenvalue weighted by Crippen LogP contribution is 2.34. The molecule has 2 aliphatic heterocycles. The minimum absolute atomic E-state index is 0.0214. The van der Waals surface area contributed by atoms with Gasteiger partial charge >= 0.3 is 0 Å². The zero-order valence-electron chi connectivity index (χ0n) is 21.8. The molecule has 40 heavy (non-hydrogen) atoms. The van der Waals surface area contributed by atoms with E-state index < -0.39 is 5.82 Å². The number of hydrogen-bond acceptors (Lipinski definition) is 6. The number of fused-ring (bicyclic) bond motifs is 3. The van der Waals surface area contributed by atoms with E-state index in [0.29, 0.717) is 47.1 Å². The number of carbonyl (C=O) groups excluding carboxylic acids is 1. The van der Waals surface area contributed by atoms with Crippen LogP contribution in [0.3, 0.4) is 0 Å². The number of rotatable bonds is 4. The number of amides is 1. The van der Waals surface area contributed by atoms with Crippen LogP contribution in [0.1, 0.15) is 52.5 Å². The molecule has 2 bridgehead atoms. The predicted octanol–water partition coefficient (Wildman–Crippen LogP) is 3.78. The van der Waals surface area contributed by atoms with Crippen LogP contribution >= 0.6 is 0 Å². The lowest BCUT2D eigenvalue weighted by Gasteiger charge is -2.41. The fraction of sp³-hybridized carbons (Fsp3) is 0.258. The topological polar surface area (TPSA) is 106 Å². The molecule has 8 nitrogen and oxygen atoms in total. The highest BCUT2D eigenvalue weighted by molar-refractivity contribution is 5.95. The van der Waals surface area contributed by atoms with Gasteiger partial charge in [-0.25, -0.2) is 14.5 Å². The average molecular weight is 533 g/mol. The van der Waals surface area contributed by atoms with E-state index in [4.69, 9.17) is 5.26 Å². The van der Waals surface area contributed by atoms with E-state index in [1.807, 2.05) is 12.1 Å². The Morgan fingerprint density at radius 2 is 1.85 bits per heavy atom. The van der Waals surface area contributed by atoms with Crippen LogP contribution in [-0.4, -0.2) is 51.2 Å². The second-order valence-corrected chi connectivity index (χ2v) is 10.1. The number of aromatic amines is 1. The third kappa shape index (κ3) is 4.56. The summed E-state index contributed by atoms with van der Waals surface area (Å²) in [6, 6.07) is 15.7. The maximum atomic E-state index is 15.0. The van der Waals surface area contributed by atoms with E-state index in [-0.39, 0.29) is 29.1 Å². The number of benzene rings is 2. The molecule has 1 N–H and O–H groups in total. The molecule has 0 aliphatic carbocycles. The summed E-state index contributed by atoms with van der Waals surface area (Å²) in [4.78, 5) is 34.3. The molecule has 198 valence electrons. The summed E-state index contributed by atoms with van der Waals surface area (Å²) < 4.78 is 15.0. The maximum absolute atomic E-state index is 15.0. The van der Waals surface area contributed by atoms with Gasteiger partial charge in [0.05, 0.1) is 22.2 Å². The summed E-state index contributed by atoms with van der Waals surface area (Å²) in [7, 11) is 0. The van der Waals surface area contributed by atoms with Crippen LogP contribution in [0.25, 0.3) is 10.8 Å². The first kappa shape index (κ1) is 25.3. The molecular formula is C31H25FN6O2. The van der Waals surface area contributed by atoms with E-state index in [9.17, 15) is 9.59 Å². The van der Waals surface area contributed by atoms with Crippen LogP contribution in [0.15, 0.2) is 59.5 Å². The molecule has 2 atom stereocenters. The Bertz CT molecular complexity index is 1780. The second kappa shape index (κ2) is 10.3. The first-order valence-electron chi connectivity index (χ1n) is 13.1. The molecule has 2 fully saturated rings. The Hall–Kier alpha value is -5.02. The number of aromatic nitrogens is 3. The molecule has 0 spiro atoms. The van der Waals surface area contributed by atoms with Crippen LogP contribution in [0.4, 0.5) is 10.2 Å². The number of halogens is 1. The van der Waals surface area contributed by atoms with E-state index in [0.717, 1.165) is 24.2 Å². The van der Waals surface area contributed by atoms with Gasteiger partial charge in [0.2, 0.25) is 0 Å². The van der Waals surface area contributed by atoms with Crippen LogP contribution < -0.4 is 10.5 Å². The van der Waals surface area contributed by atoms with Crippen molar-refractivity contribution in [1.29, 1.82) is 5.26 Å². The van der Waals surface area contributed by atoms with Crippen molar-refractivity contribution < 1.29 is 9.18 Å². The van der Waals surface area contributed by atoms with E-state index in [1.54, 1.807) is 48.4 Å². The molecule has 2 aromatic carbocycles. The summed E-state index contributed by atoms with van der Waals surface area (Å²) in [5, 5.41) is 17.0. The van der Waals surface area contributed by atoms with Gasteiger partial charge in [-0.15, -0.1) is 5.92 Å². The molecule has 6 rings (SSSR count). The summed E-state index contributed by atoms with van der Waals surface area (Å²) in [6.45, 7) is 2.68. The zero-order valence-corrected chi connectivity index (χ0v) is 21.8. The number of anilines is 1. The van der Waals surface area contributed by atoms with Gasteiger partial charge in [0.25, 0.3) is 11.5 Å². The van der Waals surface area contributed by atoms with Gasteiger partial charge in [-0.1, -0.05) is 12.0 Å². The predicted molar refractivity (Wildman–Crippen MR) is 148 cm³/mol. The van der Waals surface area contributed by atoms with Gasteiger partial charge in [0.15, 0.2) is 0 Å². The van der Waals surface area contributed by atoms with Gasteiger partial charge in [0.1, 0.15) is 17.7 Å². The molecule has 2 saturated heterocycles. The van der Waals surface area contributed by atoms with Crippen LogP contribution in [0.2, 0.25) is 0 Å². The number of piperazine rings is 1. The van der Waals surface area contributed by atoms with Crippen molar-refractivity contribution >= 4 is 22.5 Å². The minimum atomic E-state index is -0.572. The Labute approximate surface area is 230 Å². The smallest absolute Gasteiger partial charge is 0.272 e. The van der Waals surface area contributed by atoms with E-state index >= 15 is 4.39 Å². The highest BCUT2D eigenvalue weighted by atomic mass is 19.1. The van der Waals surface area contributed by atoms with E-state index in [2.05, 4.69) is 38.0 Å². The number of nitrogens with zero attached hydrogens (tertiary/aromatic N) is 5. The third-order valence-corrected chi connectivity index (χ3v) is 7.68. The third-order valence-electron chi connectivity index (χ3n) is 7.68. The van der Waals surface area contributed by atoms with Crippen molar-refractivity contribution in [3.63, 3.8) is 0 Å². The fourth-order valence-corrected chi connectivity index (χ4v) is 5.83. The Balaban J connectivity index is 1.25. The molecular weight excluding hydrogens is 507 g/mol. The largest absolute Gasteiger partial charge is 0.347 e. The van der Waals surface area contributed by atoms with Crippen LogP contribution in [-0.2, 0) is 6.42 Å². The monoisotopic (exact) mass is 532 g/mol. The molecule has 0 radical (unpaired) electrons. The summed E-state index contributed by atoms with van der Waals surface area (Å²) >= 11 is 0. The number of likely N-dealkylation sites (tertiary alicyclic amines) is 1. The summed E-state index contributed by atoms with van der Waals surface area (Å²) in [6.07, 6.45) is 3.69. The van der Waals surface area contributed by atoms with Crippen molar-refractivity contribution in [3.8, 4) is 17.9 Å². The lowest BCUT2D eigenvalue weighted by molar-refractivity contribution is 0.0712. The SMILES string of the molecule is CC#Cc1ccc2c(=O)[nH]nc(Cc3ccc(F)c(C(=O)N4CC5CCC(C4)N5c4ccc(C#N)cn4)c3)c2c1. The van der Waals surface area contributed by atoms with Gasteiger partial charge in [-0.3, -0.25) is 9.59 Å². The van der Waals surface area contributed by atoms with Crippen molar-refractivity contribution in [2.45, 2.75) is 38.3 Å². The fourth-order valence-electron chi connectivity index (χ4n) is 5.83. The molecule has 1 amide bonds. The maximum Gasteiger partial charge on any atom is 0.272 e. The number of nitrogens with one attached hydrogen (secondary N) is 1. The van der Waals surface area contributed by atoms with Crippen LogP contribution in [0, 0.1) is 29.0 Å². The first-order chi connectivity index (χ1) is 19.4. The Morgan fingerprint density at radius 3 is 2.55 bits per heavy atom. The van der Waals surface area contributed by atoms with Crippen molar-refractivity contribution in [2.24, 2.45) is 0 Å². The lowest BCUT2D eigenvalue weighted by Crippen LogP contribution is -2.55. The van der Waals surface area contributed by atoms with Gasteiger partial charge in [0, 0.05) is 48.7 Å². The minimum Gasteiger partial charge on any atom is -0.347 e. The quantitative estimate of drug-likeness (QED) is 0.401. The summed E-state index contributed by atoms with van der Waals surface area (Å²) in [5.41, 5.74) is 2.31. The van der Waals surface area contributed by atoms with Crippen LogP contribution in [0.5, 0.6) is 0 Å². The Morgan fingerprint density at radius 1 is 1.07 bits per heavy atom. The lowest BCUT2D eigenvalue weighted by atomic mass is 10.0. The molecule has 4 heterocycles. The van der Waals surface area contributed by atoms with E-state index in [1.165, 1.54) is 6.07 Å². The second-order valence-electron chi connectivity index (χ2n) is 10.1. The number of H-pyrrole nitrogens is 1. The Kier molecular flexibility index (Phi) is 6.49. The highest BCUT2D eigenvalue weighted by Gasteiger charge is 2.42. The van der Waals surface area contributed by atoms with Gasteiger partial charge in [-0.05, 0) is 67.8 Å². The molecule has 2 aliphatic rings. The number of hydrogen-bond donors (Lipinski definition) is 1.